The zero-order chi connectivity index (χ0) is 10.6. The van der Waals surface area contributed by atoms with Gasteiger partial charge in [-0.25, -0.2) is 4.98 Å². The van der Waals surface area contributed by atoms with Crippen LogP contribution in [0.4, 0.5) is 5.82 Å². The second-order valence-corrected chi connectivity index (χ2v) is 3.60. The third kappa shape index (κ3) is 2.80. The smallest absolute Gasteiger partial charge is 0.145 e. The summed E-state index contributed by atoms with van der Waals surface area (Å²) in [7, 11) is 0. The second-order valence-electron chi connectivity index (χ2n) is 2.76. The Morgan fingerprint density at radius 3 is 2.86 bits per heavy atom. The fourth-order valence-corrected chi connectivity index (χ4v) is 1.38. The van der Waals surface area contributed by atoms with Crippen LogP contribution in [0.1, 0.15) is 13.3 Å². The minimum Gasteiger partial charge on any atom is -0.355 e. The van der Waals surface area contributed by atoms with E-state index in [1.54, 1.807) is 6.07 Å². The van der Waals surface area contributed by atoms with Crippen LogP contribution in [-0.4, -0.2) is 11.0 Å². The summed E-state index contributed by atoms with van der Waals surface area (Å²) >= 11 is 11.6. The lowest BCUT2D eigenvalue weighted by Crippen LogP contribution is -2.16. The van der Waals surface area contributed by atoms with Gasteiger partial charge in [-0.2, -0.15) is 0 Å². The van der Waals surface area contributed by atoms with Crippen molar-refractivity contribution in [2.24, 2.45) is 0 Å². The van der Waals surface area contributed by atoms with Gasteiger partial charge in [-0.3, -0.25) is 0 Å². The Hall–Kier alpha value is -0.910. The molecule has 1 atom stereocenters. The van der Waals surface area contributed by atoms with Crippen molar-refractivity contribution in [1.82, 2.24) is 4.98 Å². The fourth-order valence-electron chi connectivity index (χ4n) is 0.947. The van der Waals surface area contributed by atoms with Crippen LogP contribution in [0.25, 0.3) is 0 Å². The number of pyridine rings is 1. The molecule has 14 heavy (non-hydrogen) atoms. The molecule has 0 aliphatic rings. The Morgan fingerprint density at radius 1 is 1.64 bits per heavy atom. The molecule has 1 rings (SSSR count). The van der Waals surface area contributed by atoms with Crippen LogP contribution in [0.5, 0.6) is 0 Å². The maximum atomic E-state index is 5.91. The number of anilines is 1. The van der Waals surface area contributed by atoms with Gasteiger partial charge in [0.2, 0.25) is 0 Å². The van der Waals surface area contributed by atoms with Gasteiger partial charge < -0.3 is 5.32 Å². The Kier molecular flexibility index (Phi) is 4.06. The molecule has 0 aliphatic carbocycles. The summed E-state index contributed by atoms with van der Waals surface area (Å²) in [4.78, 5) is 4.04. The Labute approximate surface area is 93.6 Å². The van der Waals surface area contributed by atoms with Crippen molar-refractivity contribution in [1.29, 1.82) is 0 Å². The highest BCUT2D eigenvalue weighted by atomic mass is 35.5. The van der Waals surface area contributed by atoms with E-state index in [4.69, 9.17) is 29.6 Å². The molecule has 0 aromatic carbocycles. The molecule has 0 aliphatic heterocycles. The van der Waals surface area contributed by atoms with E-state index in [0.29, 0.717) is 15.9 Å². The Morgan fingerprint density at radius 2 is 2.36 bits per heavy atom. The van der Waals surface area contributed by atoms with Crippen molar-refractivity contribution in [2.45, 2.75) is 19.4 Å². The summed E-state index contributed by atoms with van der Waals surface area (Å²) in [5, 5.41) is 4.02. The van der Waals surface area contributed by atoms with Gasteiger partial charge in [-0.15, -0.1) is 6.42 Å². The lowest BCUT2D eigenvalue weighted by atomic mass is 10.2. The van der Waals surface area contributed by atoms with E-state index in [1.165, 1.54) is 6.20 Å². The molecule has 1 aromatic rings. The summed E-state index contributed by atoms with van der Waals surface area (Å²) < 4.78 is 0. The predicted molar refractivity (Wildman–Crippen MR) is 60.8 cm³/mol. The van der Waals surface area contributed by atoms with Gasteiger partial charge in [0.05, 0.1) is 16.1 Å². The third-order valence-corrected chi connectivity index (χ3v) is 2.22. The van der Waals surface area contributed by atoms with E-state index in [2.05, 4.69) is 16.2 Å². The van der Waals surface area contributed by atoms with Crippen LogP contribution in [0.15, 0.2) is 12.3 Å². The van der Waals surface area contributed by atoms with E-state index >= 15 is 0 Å². The number of nitrogens with one attached hydrogen (secondary N) is 1. The molecule has 1 N–H and O–H groups in total. The van der Waals surface area contributed by atoms with Crippen LogP contribution in [-0.2, 0) is 0 Å². The first-order chi connectivity index (χ1) is 6.67. The number of rotatable bonds is 3. The minimum absolute atomic E-state index is 0.0545. The van der Waals surface area contributed by atoms with Crippen LogP contribution in [0.3, 0.4) is 0 Å². The molecule has 4 heteroatoms. The van der Waals surface area contributed by atoms with Gasteiger partial charge in [-0.1, -0.05) is 36.0 Å². The maximum Gasteiger partial charge on any atom is 0.145 e. The van der Waals surface area contributed by atoms with Gasteiger partial charge in [0.15, 0.2) is 0 Å². The highest BCUT2D eigenvalue weighted by Gasteiger charge is 2.06. The lowest BCUT2D eigenvalue weighted by molar-refractivity contribution is 0.851. The van der Waals surface area contributed by atoms with E-state index in [0.717, 1.165) is 6.42 Å². The lowest BCUT2D eigenvalue weighted by Gasteiger charge is -2.12. The van der Waals surface area contributed by atoms with Crippen molar-refractivity contribution in [3.63, 3.8) is 0 Å². The zero-order valence-electron chi connectivity index (χ0n) is 7.72. The molecular weight excluding hydrogens is 219 g/mol. The third-order valence-electron chi connectivity index (χ3n) is 1.73. The molecule has 0 amide bonds. The summed E-state index contributed by atoms with van der Waals surface area (Å²) in [6, 6.07) is 1.57. The standard InChI is InChI=1S/C10H10Cl2N2/c1-3-8(4-2)14-10-9(12)5-7(11)6-13-10/h1,5-6,8H,4H2,2H3,(H,13,14). The molecular formula is C10H10Cl2N2. The highest BCUT2D eigenvalue weighted by Crippen LogP contribution is 2.23. The number of halogens is 2. The Bertz CT molecular complexity index is 358. The molecule has 0 radical (unpaired) electrons. The summed E-state index contributed by atoms with van der Waals surface area (Å²) in [5.41, 5.74) is 0. The summed E-state index contributed by atoms with van der Waals surface area (Å²) in [6.07, 6.45) is 7.65. The molecule has 74 valence electrons. The summed E-state index contributed by atoms with van der Waals surface area (Å²) in [6.45, 7) is 1.99. The SMILES string of the molecule is C#CC(CC)Nc1ncc(Cl)cc1Cl. The maximum absolute atomic E-state index is 5.91. The van der Waals surface area contributed by atoms with Crippen molar-refractivity contribution in [2.75, 3.05) is 5.32 Å². The predicted octanol–water partition coefficient (Wildman–Crippen LogP) is 3.21. The highest BCUT2D eigenvalue weighted by molar-refractivity contribution is 6.35. The first kappa shape index (κ1) is 11.2. The number of aromatic nitrogens is 1. The number of hydrogen-bond donors (Lipinski definition) is 1. The van der Waals surface area contributed by atoms with Gasteiger partial charge in [-0.05, 0) is 12.5 Å². The molecule has 0 spiro atoms. The molecule has 1 unspecified atom stereocenters. The molecule has 1 aromatic heterocycles. The average Bonchev–Trinajstić information content (AvgIpc) is 2.17. The molecule has 0 saturated carbocycles. The van der Waals surface area contributed by atoms with Gasteiger partial charge in [0.25, 0.3) is 0 Å². The minimum atomic E-state index is -0.0545. The monoisotopic (exact) mass is 228 g/mol. The van der Waals surface area contributed by atoms with Crippen molar-refractivity contribution < 1.29 is 0 Å². The average molecular weight is 229 g/mol. The number of terminal acetylenes is 1. The first-order valence-corrected chi connectivity index (χ1v) is 4.96. The molecule has 1 heterocycles. The van der Waals surface area contributed by atoms with E-state index < -0.39 is 0 Å². The first-order valence-electron chi connectivity index (χ1n) is 4.21. The summed E-state index contributed by atoms with van der Waals surface area (Å²) in [5.74, 6) is 3.17. The topological polar surface area (TPSA) is 24.9 Å². The van der Waals surface area contributed by atoms with Crippen molar-refractivity contribution in [3.05, 3.63) is 22.3 Å². The fraction of sp³-hybridized carbons (Fsp3) is 0.300. The van der Waals surface area contributed by atoms with Gasteiger partial charge in [0.1, 0.15) is 5.82 Å². The number of nitrogens with zero attached hydrogens (tertiary/aromatic N) is 1. The molecule has 0 fully saturated rings. The molecule has 0 saturated heterocycles. The van der Waals surface area contributed by atoms with Crippen molar-refractivity contribution >= 4 is 29.0 Å². The quantitative estimate of drug-likeness (QED) is 0.805. The number of hydrogen-bond acceptors (Lipinski definition) is 2. The van der Waals surface area contributed by atoms with Crippen LogP contribution in [0, 0.1) is 12.3 Å². The van der Waals surface area contributed by atoms with Crippen LogP contribution in [0.2, 0.25) is 10.0 Å². The largest absolute Gasteiger partial charge is 0.355 e. The van der Waals surface area contributed by atoms with Crippen molar-refractivity contribution in [3.8, 4) is 12.3 Å². The molecule has 0 bridgehead atoms. The van der Waals surface area contributed by atoms with E-state index in [9.17, 15) is 0 Å². The van der Waals surface area contributed by atoms with Gasteiger partial charge >= 0.3 is 0 Å². The van der Waals surface area contributed by atoms with E-state index in [1.807, 2.05) is 6.92 Å². The molecule has 2 nitrogen and oxygen atoms in total. The van der Waals surface area contributed by atoms with Crippen LogP contribution < -0.4 is 5.32 Å². The zero-order valence-corrected chi connectivity index (χ0v) is 9.23. The van der Waals surface area contributed by atoms with Gasteiger partial charge in [0, 0.05) is 6.20 Å². The van der Waals surface area contributed by atoms with Crippen LogP contribution >= 0.6 is 23.2 Å². The Balaban J connectivity index is 2.82. The van der Waals surface area contributed by atoms with E-state index in [-0.39, 0.29) is 6.04 Å². The normalized spacial score (nSPS) is 11.9. The second kappa shape index (κ2) is 5.09.